The van der Waals surface area contributed by atoms with Crippen molar-refractivity contribution in [3.63, 3.8) is 0 Å². The summed E-state index contributed by atoms with van der Waals surface area (Å²) in [5, 5.41) is 8.59. The van der Waals surface area contributed by atoms with Crippen LogP contribution in [0.1, 0.15) is 24.1 Å². The van der Waals surface area contributed by atoms with Gasteiger partial charge < -0.3 is 19.4 Å². The number of benzene rings is 1. The SMILES string of the molecule is COC=O.Cc1cc2c(Cl)cc(C3=CCCN(C)C3)c(F)c2[nH]1.O=CCCn1ccnn1. The van der Waals surface area contributed by atoms with Crippen molar-refractivity contribution in [2.45, 2.75) is 26.3 Å². The number of aromatic nitrogens is 4. The number of carbonyl (C=O) groups is 2. The van der Waals surface area contributed by atoms with Gasteiger partial charge in [-0.05, 0) is 38.1 Å². The number of halogens is 2. The van der Waals surface area contributed by atoms with Crippen LogP contribution in [0.5, 0.6) is 0 Å². The van der Waals surface area contributed by atoms with Crippen LogP contribution in [0.25, 0.3) is 16.5 Å². The van der Waals surface area contributed by atoms with Gasteiger partial charge in [0.2, 0.25) is 0 Å². The molecule has 2 aromatic heterocycles. The molecule has 4 rings (SSSR count). The second-order valence-corrected chi connectivity index (χ2v) is 7.58. The lowest BCUT2D eigenvalue weighted by atomic mass is 9.99. The number of rotatable bonds is 5. The van der Waals surface area contributed by atoms with Gasteiger partial charge in [-0.2, -0.15) is 0 Å². The number of hydrogen-bond acceptors (Lipinski definition) is 6. The highest BCUT2D eigenvalue weighted by atomic mass is 35.5. The average molecular weight is 464 g/mol. The van der Waals surface area contributed by atoms with Gasteiger partial charge in [-0.3, -0.25) is 9.48 Å². The van der Waals surface area contributed by atoms with Crippen molar-refractivity contribution in [1.82, 2.24) is 24.9 Å². The van der Waals surface area contributed by atoms with Crippen molar-refractivity contribution in [3.8, 4) is 0 Å². The Morgan fingerprint density at radius 3 is 2.69 bits per heavy atom. The van der Waals surface area contributed by atoms with E-state index in [0.717, 1.165) is 42.4 Å². The lowest BCUT2D eigenvalue weighted by molar-refractivity contribution is -0.126. The summed E-state index contributed by atoms with van der Waals surface area (Å²) in [4.78, 5) is 24.0. The first-order valence-corrected chi connectivity index (χ1v) is 10.4. The minimum absolute atomic E-state index is 0.200. The summed E-state index contributed by atoms with van der Waals surface area (Å²) >= 11 is 6.28. The standard InChI is InChI=1S/C15H16ClFN2.C5H7N3O.C2H4O2/c1-9-6-12-13(16)7-11(14(17)15(12)18-9)10-4-3-5-19(2)8-10;9-5-1-3-8-4-2-6-7-8;1-4-2-3/h4,6-7,18H,3,5,8H2,1-2H3;2,4-5H,1,3H2;2H,1H3. The molecule has 0 radical (unpaired) electrons. The molecular weight excluding hydrogens is 437 g/mol. The molecule has 1 N–H and O–H groups in total. The molecule has 10 heteroatoms. The number of likely N-dealkylation sites (N-methyl/N-ethyl adjacent to an activating group) is 1. The zero-order valence-electron chi connectivity index (χ0n) is 18.3. The van der Waals surface area contributed by atoms with Gasteiger partial charge in [-0.1, -0.05) is 22.9 Å². The van der Waals surface area contributed by atoms with Crippen LogP contribution in [0.3, 0.4) is 0 Å². The van der Waals surface area contributed by atoms with Crippen molar-refractivity contribution in [3.05, 3.63) is 52.7 Å². The van der Waals surface area contributed by atoms with Crippen LogP contribution in [-0.2, 0) is 20.9 Å². The quantitative estimate of drug-likeness (QED) is 0.580. The Labute approximate surface area is 191 Å². The fourth-order valence-corrected chi connectivity index (χ4v) is 3.47. The molecule has 3 aromatic rings. The number of nitrogens with zero attached hydrogens (tertiary/aromatic N) is 4. The maximum Gasteiger partial charge on any atom is 0.292 e. The second-order valence-electron chi connectivity index (χ2n) is 7.17. The molecule has 0 fully saturated rings. The number of fused-ring (bicyclic) bond motifs is 1. The number of nitrogens with one attached hydrogen (secondary N) is 1. The predicted molar refractivity (Wildman–Crippen MR) is 122 cm³/mol. The van der Waals surface area contributed by atoms with E-state index in [4.69, 9.17) is 16.4 Å². The van der Waals surface area contributed by atoms with E-state index in [0.29, 0.717) is 35.5 Å². The Kier molecular flexibility index (Phi) is 10.0. The van der Waals surface area contributed by atoms with Gasteiger partial charge >= 0.3 is 0 Å². The van der Waals surface area contributed by atoms with Crippen LogP contribution in [-0.4, -0.2) is 64.9 Å². The minimum atomic E-state index is -0.200. The molecule has 0 saturated heterocycles. The number of H-pyrrole nitrogens is 1. The molecule has 0 unspecified atom stereocenters. The highest BCUT2D eigenvalue weighted by molar-refractivity contribution is 6.35. The Bertz CT molecular complexity index is 1050. The van der Waals surface area contributed by atoms with E-state index < -0.39 is 0 Å². The summed E-state index contributed by atoms with van der Waals surface area (Å²) in [7, 11) is 3.36. The van der Waals surface area contributed by atoms with E-state index in [2.05, 4.69) is 31.0 Å². The fraction of sp³-hybridized carbons (Fsp3) is 0.364. The first-order valence-electron chi connectivity index (χ1n) is 10.0. The van der Waals surface area contributed by atoms with Gasteiger partial charge in [0.25, 0.3) is 6.47 Å². The topological polar surface area (TPSA) is 93.1 Å². The fourth-order valence-electron chi connectivity index (χ4n) is 3.21. The zero-order chi connectivity index (χ0) is 23.5. The van der Waals surface area contributed by atoms with Gasteiger partial charge in [0.1, 0.15) is 6.29 Å². The number of aryl methyl sites for hydroxylation is 2. The van der Waals surface area contributed by atoms with Crippen LogP contribution >= 0.6 is 11.6 Å². The number of methoxy groups -OCH3 is 1. The Balaban J connectivity index is 0.000000233. The second kappa shape index (κ2) is 12.7. The molecule has 0 atom stereocenters. The molecule has 0 bridgehead atoms. The molecule has 1 aromatic carbocycles. The van der Waals surface area contributed by atoms with Crippen molar-refractivity contribution < 1.29 is 18.7 Å². The summed E-state index contributed by atoms with van der Waals surface area (Å²) in [6, 6.07) is 3.63. The van der Waals surface area contributed by atoms with E-state index >= 15 is 0 Å². The maximum atomic E-state index is 14.6. The van der Waals surface area contributed by atoms with Crippen molar-refractivity contribution in [2.75, 3.05) is 27.2 Å². The zero-order valence-corrected chi connectivity index (χ0v) is 19.1. The Morgan fingerprint density at radius 2 is 2.09 bits per heavy atom. The van der Waals surface area contributed by atoms with Crippen LogP contribution in [0, 0.1) is 12.7 Å². The van der Waals surface area contributed by atoms with Crippen molar-refractivity contribution in [2.24, 2.45) is 0 Å². The molecule has 3 heterocycles. The maximum absolute atomic E-state index is 14.6. The predicted octanol–water partition coefficient (Wildman–Crippen LogP) is 3.64. The van der Waals surface area contributed by atoms with Gasteiger partial charge in [-0.15, -0.1) is 5.10 Å². The molecule has 8 nitrogen and oxygen atoms in total. The third-order valence-electron chi connectivity index (χ3n) is 4.67. The van der Waals surface area contributed by atoms with E-state index in [1.807, 2.05) is 20.0 Å². The molecule has 0 aliphatic carbocycles. The number of ether oxygens (including phenoxy) is 1. The number of hydrogen-bond donors (Lipinski definition) is 1. The Morgan fingerprint density at radius 1 is 1.34 bits per heavy atom. The van der Waals surface area contributed by atoms with Crippen LogP contribution in [0.2, 0.25) is 5.02 Å². The van der Waals surface area contributed by atoms with Gasteiger partial charge in [0, 0.05) is 48.9 Å². The van der Waals surface area contributed by atoms with Crippen LogP contribution in [0.4, 0.5) is 4.39 Å². The highest BCUT2D eigenvalue weighted by Crippen LogP contribution is 2.33. The summed E-state index contributed by atoms with van der Waals surface area (Å²) in [6.45, 7) is 4.69. The molecule has 1 aliphatic heterocycles. The van der Waals surface area contributed by atoms with Gasteiger partial charge in [0.05, 0.1) is 23.8 Å². The monoisotopic (exact) mass is 463 g/mol. The smallest absolute Gasteiger partial charge is 0.292 e. The first kappa shape index (κ1) is 25.2. The number of aldehydes is 1. The van der Waals surface area contributed by atoms with E-state index in [1.165, 1.54) is 7.11 Å². The molecule has 1 aliphatic rings. The average Bonchev–Trinajstić information content (AvgIpc) is 3.45. The van der Waals surface area contributed by atoms with Crippen molar-refractivity contribution >= 4 is 40.8 Å². The highest BCUT2D eigenvalue weighted by Gasteiger charge is 2.18. The van der Waals surface area contributed by atoms with Gasteiger partial charge in [-0.25, -0.2) is 4.39 Å². The molecule has 0 saturated carbocycles. The van der Waals surface area contributed by atoms with Crippen LogP contribution < -0.4 is 0 Å². The summed E-state index contributed by atoms with van der Waals surface area (Å²) in [5.41, 5.74) is 3.06. The number of aromatic amines is 1. The minimum Gasteiger partial charge on any atom is -0.471 e. The molecule has 0 amide bonds. The lowest BCUT2D eigenvalue weighted by Gasteiger charge is -2.23. The lowest BCUT2D eigenvalue weighted by Crippen LogP contribution is -2.25. The van der Waals surface area contributed by atoms with E-state index in [1.54, 1.807) is 23.1 Å². The number of carbonyl (C=O) groups excluding carboxylic acids is 2. The Hall–Kier alpha value is -3.04. The molecule has 0 spiro atoms. The third-order valence-corrected chi connectivity index (χ3v) is 4.98. The summed E-state index contributed by atoms with van der Waals surface area (Å²) in [5.74, 6) is -0.200. The first-order chi connectivity index (χ1) is 15.4. The molecule has 172 valence electrons. The van der Waals surface area contributed by atoms with Crippen molar-refractivity contribution in [1.29, 1.82) is 0 Å². The molecule has 32 heavy (non-hydrogen) atoms. The normalized spacial score (nSPS) is 13.3. The van der Waals surface area contributed by atoms with E-state index in [9.17, 15) is 9.18 Å². The summed E-state index contributed by atoms with van der Waals surface area (Å²) in [6.07, 6.45) is 7.74. The largest absolute Gasteiger partial charge is 0.471 e. The van der Waals surface area contributed by atoms with Crippen LogP contribution in [0.15, 0.2) is 30.6 Å². The summed E-state index contributed by atoms with van der Waals surface area (Å²) < 4.78 is 20.1. The van der Waals surface area contributed by atoms with Gasteiger partial charge in [0.15, 0.2) is 5.82 Å². The molecular formula is C22H27ClFN5O3. The van der Waals surface area contributed by atoms with E-state index in [-0.39, 0.29) is 5.82 Å². The third kappa shape index (κ3) is 7.00.